The molecule has 0 bridgehead atoms. The normalized spacial score (nSPS) is 15.8. The number of amides is 1. The minimum atomic E-state index is -0.308. The maximum absolute atomic E-state index is 12.7. The molecule has 0 heterocycles. The SMILES string of the molecule is CC(C)(C)N(N=C1CCCCC1)C(=O)c1ccccc1. The van der Waals surface area contributed by atoms with Crippen LogP contribution in [0.3, 0.4) is 0 Å². The molecule has 1 aromatic rings. The summed E-state index contributed by atoms with van der Waals surface area (Å²) in [7, 11) is 0. The summed E-state index contributed by atoms with van der Waals surface area (Å²) in [5.74, 6) is -0.0174. The number of benzene rings is 1. The lowest BCUT2D eigenvalue weighted by atomic mass is 9.98. The monoisotopic (exact) mass is 272 g/mol. The van der Waals surface area contributed by atoms with Crippen molar-refractivity contribution < 1.29 is 4.79 Å². The lowest BCUT2D eigenvalue weighted by Gasteiger charge is -2.32. The summed E-state index contributed by atoms with van der Waals surface area (Å²) >= 11 is 0. The molecular weight excluding hydrogens is 248 g/mol. The second-order valence-corrected chi connectivity index (χ2v) is 6.38. The third kappa shape index (κ3) is 3.69. The molecule has 0 unspecified atom stereocenters. The Morgan fingerprint density at radius 1 is 1.05 bits per heavy atom. The van der Waals surface area contributed by atoms with E-state index in [1.165, 1.54) is 19.3 Å². The molecule has 3 nitrogen and oxygen atoms in total. The van der Waals surface area contributed by atoms with Crippen molar-refractivity contribution >= 4 is 11.6 Å². The van der Waals surface area contributed by atoms with Gasteiger partial charge < -0.3 is 0 Å². The van der Waals surface area contributed by atoms with Crippen molar-refractivity contribution in [1.29, 1.82) is 0 Å². The van der Waals surface area contributed by atoms with E-state index < -0.39 is 0 Å². The average molecular weight is 272 g/mol. The smallest absolute Gasteiger partial charge is 0.267 e. The fourth-order valence-electron chi connectivity index (χ4n) is 2.40. The molecule has 2 rings (SSSR count). The summed E-state index contributed by atoms with van der Waals surface area (Å²) in [6.07, 6.45) is 5.71. The fourth-order valence-corrected chi connectivity index (χ4v) is 2.40. The predicted octanol–water partition coefficient (Wildman–Crippen LogP) is 4.25. The van der Waals surface area contributed by atoms with Crippen LogP contribution in [-0.4, -0.2) is 22.2 Å². The Morgan fingerprint density at radius 2 is 1.65 bits per heavy atom. The minimum Gasteiger partial charge on any atom is -0.267 e. The predicted molar refractivity (Wildman–Crippen MR) is 82.9 cm³/mol. The summed E-state index contributed by atoms with van der Waals surface area (Å²) in [5, 5.41) is 6.34. The van der Waals surface area contributed by atoms with E-state index in [-0.39, 0.29) is 11.4 Å². The van der Waals surface area contributed by atoms with Crippen molar-refractivity contribution in [2.45, 2.75) is 58.4 Å². The lowest BCUT2D eigenvalue weighted by Crippen LogP contribution is -2.42. The average Bonchev–Trinajstić information content (AvgIpc) is 2.45. The highest BCUT2D eigenvalue weighted by molar-refractivity contribution is 5.96. The van der Waals surface area contributed by atoms with Gasteiger partial charge in [0.05, 0.1) is 5.54 Å². The van der Waals surface area contributed by atoms with Gasteiger partial charge in [-0.25, -0.2) is 5.01 Å². The van der Waals surface area contributed by atoms with Gasteiger partial charge in [0.25, 0.3) is 5.91 Å². The Bertz CT molecular complexity index is 477. The Balaban J connectivity index is 2.26. The van der Waals surface area contributed by atoms with Gasteiger partial charge in [-0.15, -0.1) is 0 Å². The summed E-state index contributed by atoms with van der Waals surface area (Å²) in [6.45, 7) is 6.09. The second kappa shape index (κ2) is 6.21. The number of hydrazone groups is 1. The van der Waals surface area contributed by atoms with Crippen LogP contribution in [0.1, 0.15) is 63.2 Å². The van der Waals surface area contributed by atoms with E-state index >= 15 is 0 Å². The number of carbonyl (C=O) groups is 1. The first-order valence-corrected chi connectivity index (χ1v) is 7.44. The topological polar surface area (TPSA) is 32.7 Å². The van der Waals surface area contributed by atoms with Gasteiger partial charge in [0.2, 0.25) is 0 Å². The maximum atomic E-state index is 12.7. The molecule has 3 heteroatoms. The van der Waals surface area contributed by atoms with Crippen LogP contribution in [-0.2, 0) is 0 Å². The van der Waals surface area contributed by atoms with Crippen LogP contribution >= 0.6 is 0 Å². The van der Waals surface area contributed by atoms with Crippen molar-refractivity contribution in [1.82, 2.24) is 5.01 Å². The highest BCUT2D eigenvalue weighted by Gasteiger charge is 2.28. The first-order valence-electron chi connectivity index (χ1n) is 7.44. The standard InChI is InChI=1S/C17H24N2O/c1-17(2,3)19(18-15-12-8-5-9-13-15)16(20)14-10-6-4-7-11-14/h4,6-7,10-11H,5,8-9,12-13H2,1-3H3. The van der Waals surface area contributed by atoms with Gasteiger partial charge in [0, 0.05) is 11.3 Å². The quantitative estimate of drug-likeness (QED) is 0.741. The van der Waals surface area contributed by atoms with Gasteiger partial charge in [0.1, 0.15) is 0 Å². The van der Waals surface area contributed by atoms with Crippen molar-refractivity contribution in [3.05, 3.63) is 35.9 Å². The van der Waals surface area contributed by atoms with Crippen LogP contribution in [0.15, 0.2) is 35.4 Å². The van der Waals surface area contributed by atoms with Crippen LogP contribution in [0.4, 0.5) is 0 Å². The molecular formula is C17H24N2O. The zero-order chi connectivity index (χ0) is 14.6. The number of carbonyl (C=O) groups excluding carboxylic acids is 1. The molecule has 1 fully saturated rings. The van der Waals surface area contributed by atoms with Gasteiger partial charge in [-0.1, -0.05) is 24.6 Å². The molecule has 0 aromatic heterocycles. The zero-order valence-corrected chi connectivity index (χ0v) is 12.7. The van der Waals surface area contributed by atoms with Crippen molar-refractivity contribution in [3.8, 4) is 0 Å². The first-order chi connectivity index (χ1) is 9.48. The fraction of sp³-hybridized carbons (Fsp3) is 0.529. The molecule has 0 aliphatic heterocycles. The second-order valence-electron chi connectivity index (χ2n) is 6.38. The van der Waals surface area contributed by atoms with Crippen molar-refractivity contribution in [2.75, 3.05) is 0 Å². The highest BCUT2D eigenvalue weighted by atomic mass is 16.2. The van der Waals surface area contributed by atoms with E-state index in [4.69, 9.17) is 0 Å². The van der Waals surface area contributed by atoms with Crippen molar-refractivity contribution in [3.63, 3.8) is 0 Å². The summed E-state index contributed by atoms with van der Waals surface area (Å²) in [5.41, 5.74) is 1.55. The number of hydrogen-bond donors (Lipinski definition) is 0. The van der Waals surface area contributed by atoms with E-state index in [1.54, 1.807) is 5.01 Å². The molecule has 20 heavy (non-hydrogen) atoms. The Morgan fingerprint density at radius 3 is 2.20 bits per heavy atom. The van der Waals surface area contributed by atoms with Gasteiger partial charge in [0.15, 0.2) is 0 Å². The van der Waals surface area contributed by atoms with E-state index in [0.717, 1.165) is 18.6 Å². The van der Waals surface area contributed by atoms with Gasteiger partial charge in [-0.05, 0) is 58.6 Å². The molecule has 1 aromatic carbocycles. The largest absolute Gasteiger partial charge is 0.274 e. The van der Waals surface area contributed by atoms with Crippen LogP contribution in [0.25, 0.3) is 0 Å². The van der Waals surface area contributed by atoms with E-state index in [9.17, 15) is 4.79 Å². The Kier molecular flexibility index (Phi) is 4.58. The Labute approximate surface area is 121 Å². The number of hydrogen-bond acceptors (Lipinski definition) is 2. The van der Waals surface area contributed by atoms with Crippen LogP contribution < -0.4 is 0 Å². The number of rotatable bonds is 2. The molecule has 1 aliphatic rings. The van der Waals surface area contributed by atoms with Gasteiger partial charge >= 0.3 is 0 Å². The first kappa shape index (κ1) is 14.8. The third-order valence-electron chi connectivity index (χ3n) is 3.52. The van der Waals surface area contributed by atoms with Gasteiger partial charge in [-0.3, -0.25) is 4.79 Å². The molecule has 0 spiro atoms. The van der Waals surface area contributed by atoms with E-state index in [0.29, 0.717) is 5.56 Å². The molecule has 108 valence electrons. The Hall–Kier alpha value is -1.64. The summed E-state index contributed by atoms with van der Waals surface area (Å²) in [6, 6.07) is 9.40. The number of nitrogens with zero attached hydrogens (tertiary/aromatic N) is 2. The summed E-state index contributed by atoms with van der Waals surface area (Å²) < 4.78 is 0. The van der Waals surface area contributed by atoms with Crippen LogP contribution in [0.5, 0.6) is 0 Å². The molecule has 0 radical (unpaired) electrons. The molecule has 1 saturated carbocycles. The highest BCUT2D eigenvalue weighted by Crippen LogP contribution is 2.21. The molecule has 0 N–H and O–H groups in total. The summed E-state index contributed by atoms with van der Waals surface area (Å²) in [4.78, 5) is 12.7. The molecule has 1 aliphatic carbocycles. The third-order valence-corrected chi connectivity index (χ3v) is 3.52. The van der Waals surface area contributed by atoms with Gasteiger partial charge in [-0.2, -0.15) is 5.10 Å². The van der Waals surface area contributed by atoms with E-state index in [2.05, 4.69) is 5.10 Å². The molecule has 0 atom stereocenters. The minimum absolute atomic E-state index is 0.0174. The van der Waals surface area contributed by atoms with E-state index in [1.807, 2.05) is 51.1 Å². The lowest BCUT2D eigenvalue weighted by molar-refractivity contribution is 0.0589. The maximum Gasteiger partial charge on any atom is 0.274 e. The molecule has 0 saturated heterocycles. The molecule has 1 amide bonds. The van der Waals surface area contributed by atoms with Crippen molar-refractivity contribution in [2.24, 2.45) is 5.10 Å². The van der Waals surface area contributed by atoms with Crippen LogP contribution in [0.2, 0.25) is 0 Å². The van der Waals surface area contributed by atoms with Crippen LogP contribution in [0, 0.1) is 0 Å². The zero-order valence-electron chi connectivity index (χ0n) is 12.7.